The molecule has 1 amide bonds. The number of amides is 1. The Bertz CT molecular complexity index is 737. The van der Waals surface area contributed by atoms with Crippen molar-refractivity contribution in [2.45, 2.75) is 11.3 Å². The Hall–Kier alpha value is -2.21. The molecule has 104 valence electrons. The molecule has 0 aliphatic heterocycles. The highest BCUT2D eigenvalue weighted by atomic mass is 32.2. The number of aromatic nitrogens is 1. The average Bonchev–Trinajstić information content (AvgIpc) is 2.38. The van der Waals surface area contributed by atoms with E-state index in [2.05, 4.69) is 4.98 Å². The maximum absolute atomic E-state index is 11.3. The van der Waals surface area contributed by atoms with Crippen LogP contribution < -0.4 is 5.73 Å². The van der Waals surface area contributed by atoms with Crippen molar-refractivity contribution in [3.8, 4) is 0 Å². The number of hydrogen-bond acceptors (Lipinski definition) is 4. The van der Waals surface area contributed by atoms with Crippen LogP contribution in [0.15, 0.2) is 47.5 Å². The fourth-order valence-electron chi connectivity index (χ4n) is 1.84. The Morgan fingerprint density at radius 3 is 2.45 bits per heavy atom. The second-order valence-corrected chi connectivity index (χ2v) is 6.47. The molecule has 2 aromatic rings. The molecule has 1 aromatic heterocycles. The molecule has 20 heavy (non-hydrogen) atoms. The summed E-state index contributed by atoms with van der Waals surface area (Å²) in [5.74, 6) is -0.492. The topological polar surface area (TPSA) is 90.1 Å². The first-order valence-electron chi connectivity index (χ1n) is 5.90. The summed E-state index contributed by atoms with van der Waals surface area (Å²) in [5.41, 5.74) is 7.19. The lowest BCUT2D eigenvalue weighted by molar-refractivity contribution is 0.0999. The molecule has 0 aliphatic carbocycles. The van der Waals surface area contributed by atoms with Crippen LogP contribution in [0.2, 0.25) is 0 Å². The molecule has 6 heteroatoms. The van der Waals surface area contributed by atoms with E-state index in [1.807, 2.05) is 6.07 Å². The Morgan fingerprint density at radius 2 is 1.90 bits per heavy atom. The van der Waals surface area contributed by atoms with Gasteiger partial charge in [0.2, 0.25) is 5.91 Å². The van der Waals surface area contributed by atoms with Gasteiger partial charge in [-0.15, -0.1) is 0 Å². The minimum Gasteiger partial charge on any atom is -0.366 e. The molecule has 1 heterocycles. The number of carbonyl (C=O) groups excluding carboxylic acids is 1. The number of nitrogens with zero attached hydrogens (tertiary/aromatic N) is 1. The molecule has 0 unspecified atom stereocenters. The van der Waals surface area contributed by atoms with Crippen LogP contribution in [-0.4, -0.2) is 25.6 Å². The molecule has 0 saturated heterocycles. The van der Waals surface area contributed by atoms with Crippen molar-refractivity contribution in [3.05, 3.63) is 59.4 Å². The predicted octanol–water partition coefficient (Wildman–Crippen LogP) is 1.17. The van der Waals surface area contributed by atoms with E-state index < -0.39 is 15.7 Å². The van der Waals surface area contributed by atoms with Crippen LogP contribution >= 0.6 is 0 Å². The third-order valence-electron chi connectivity index (χ3n) is 2.88. The molecule has 1 aromatic carbocycles. The van der Waals surface area contributed by atoms with Crippen molar-refractivity contribution in [2.75, 3.05) is 6.26 Å². The average molecular weight is 290 g/mol. The smallest absolute Gasteiger partial charge is 0.248 e. The van der Waals surface area contributed by atoms with Crippen LogP contribution in [0.3, 0.4) is 0 Å². The van der Waals surface area contributed by atoms with E-state index in [0.717, 1.165) is 11.8 Å². The lowest BCUT2D eigenvalue weighted by atomic mass is 10.0. The number of primary amides is 1. The number of carbonyl (C=O) groups is 1. The van der Waals surface area contributed by atoms with Crippen molar-refractivity contribution in [3.63, 3.8) is 0 Å². The Balaban J connectivity index is 2.30. The van der Waals surface area contributed by atoms with E-state index in [9.17, 15) is 13.2 Å². The predicted molar refractivity (Wildman–Crippen MR) is 75.1 cm³/mol. The molecule has 0 fully saturated rings. The number of sulfone groups is 1. The third kappa shape index (κ3) is 3.21. The minimum atomic E-state index is -3.25. The fraction of sp³-hybridized carbons (Fsp3) is 0.143. The van der Waals surface area contributed by atoms with Gasteiger partial charge in [0.1, 0.15) is 0 Å². The third-order valence-corrected chi connectivity index (χ3v) is 3.98. The van der Waals surface area contributed by atoms with E-state index in [0.29, 0.717) is 17.7 Å². The van der Waals surface area contributed by atoms with E-state index in [1.54, 1.807) is 24.3 Å². The summed E-state index contributed by atoms with van der Waals surface area (Å²) in [4.78, 5) is 15.6. The Labute approximate surface area is 117 Å². The van der Waals surface area contributed by atoms with Crippen molar-refractivity contribution < 1.29 is 13.2 Å². The summed E-state index contributed by atoms with van der Waals surface area (Å²) in [6.45, 7) is 0. The molecule has 0 atom stereocenters. The van der Waals surface area contributed by atoms with Crippen LogP contribution in [0, 0.1) is 0 Å². The molecule has 0 spiro atoms. The summed E-state index contributed by atoms with van der Waals surface area (Å²) in [6.07, 6.45) is 2.87. The van der Waals surface area contributed by atoms with E-state index >= 15 is 0 Å². The Kier molecular flexibility index (Phi) is 3.85. The highest BCUT2D eigenvalue weighted by molar-refractivity contribution is 7.90. The van der Waals surface area contributed by atoms with Crippen LogP contribution in [0.4, 0.5) is 0 Å². The van der Waals surface area contributed by atoms with Crippen molar-refractivity contribution in [1.82, 2.24) is 4.98 Å². The standard InChI is InChI=1S/C14H14N2O3S/c1-20(18,19)12-7-6-11(16-9-12)8-10-4-2-3-5-13(10)14(15)17/h2-7,9H,8H2,1H3,(H2,15,17). The first-order chi connectivity index (χ1) is 9.38. The van der Waals surface area contributed by atoms with Crippen LogP contribution in [0.5, 0.6) is 0 Å². The van der Waals surface area contributed by atoms with Crippen molar-refractivity contribution in [2.24, 2.45) is 5.73 Å². The summed E-state index contributed by atoms with van der Waals surface area (Å²) >= 11 is 0. The number of pyridine rings is 1. The summed E-state index contributed by atoms with van der Waals surface area (Å²) in [7, 11) is -3.25. The highest BCUT2D eigenvalue weighted by Gasteiger charge is 2.10. The molecule has 2 N–H and O–H groups in total. The van der Waals surface area contributed by atoms with E-state index in [1.165, 1.54) is 12.3 Å². The maximum atomic E-state index is 11.3. The minimum absolute atomic E-state index is 0.171. The van der Waals surface area contributed by atoms with Gasteiger partial charge < -0.3 is 5.73 Å². The molecule has 0 saturated carbocycles. The zero-order valence-corrected chi connectivity index (χ0v) is 11.7. The quantitative estimate of drug-likeness (QED) is 0.915. The number of hydrogen-bond donors (Lipinski definition) is 1. The Morgan fingerprint density at radius 1 is 1.20 bits per heavy atom. The van der Waals surface area contributed by atoms with Gasteiger partial charge in [-0.25, -0.2) is 8.42 Å². The summed E-state index contributed by atoms with van der Waals surface area (Å²) in [5, 5.41) is 0. The van der Waals surface area contributed by atoms with Gasteiger partial charge in [0.15, 0.2) is 9.84 Å². The molecule has 0 radical (unpaired) electrons. The van der Waals surface area contributed by atoms with Gasteiger partial charge in [0.25, 0.3) is 0 Å². The normalized spacial score (nSPS) is 11.2. The number of rotatable bonds is 4. The lowest BCUT2D eigenvalue weighted by Crippen LogP contribution is -2.14. The summed E-state index contributed by atoms with van der Waals surface area (Å²) < 4.78 is 22.7. The van der Waals surface area contributed by atoms with Crippen LogP contribution in [-0.2, 0) is 16.3 Å². The van der Waals surface area contributed by atoms with Gasteiger partial charge in [-0.2, -0.15) is 0 Å². The van der Waals surface area contributed by atoms with Gasteiger partial charge in [-0.1, -0.05) is 18.2 Å². The van der Waals surface area contributed by atoms with E-state index in [-0.39, 0.29) is 4.90 Å². The zero-order valence-electron chi connectivity index (χ0n) is 10.9. The second-order valence-electron chi connectivity index (χ2n) is 4.46. The molecule has 0 bridgehead atoms. The first-order valence-corrected chi connectivity index (χ1v) is 7.80. The first kappa shape index (κ1) is 14.2. The molecule has 0 aliphatic rings. The number of nitrogens with two attached hydrogens (primary N) is 1. The lowest BCUT2D eigenvalue weighted by Gasteiger charge is -2.06. The fourth-order valence-corrected chi connectivity index (χ4v) is 2.40. The maximum Gasteiger partial charge on any atom is 0.248 e. The van der Waals surface area contributed by atoms with Crippen LogP contribution in [0.25, 0.3) is 0 Å². The van der Waals surface area contributed by atoms with Crippen LogP contribution in [0.1, 0.15) is 21.6 Å². The van der Waals surface area contributed by atoms with Gasteiger partial charge in [-0.05, 0) is 23.8 Å². The van der Waals surface area contributed by atoms with Crippen molar-refractivity contribution >= 4 is 15.7 Å². The largest absolute Gasteiger partial charge is 0.366 e. The van der Waals surface area contributed by atoms with Gasteiger partial charge in [0.05, 0.1) is 4.90 Å². The molecule has 2 rings (SSSR count). The summed E-state index contributed by atoms with van der Waals surface area (Å²) in [6, 6.07) is 10.1. The molecular formula is C14H14N2O3S. The van der Waals surface area contributed by atoms with Gasteiger partial charge in [0, 0.05) is 30.1 Å². The van der Waals surface area contributed by atoms with Gasteiger partial charge >= 0.3 is 0 Å². The molecular weight excluding hydrogens is 276 g/mol. The number of benzene rings is 1. The van der Waals surface area contributed by atoms with Gasteiger partial charge in [-0.3, -0.25) is 9.78 Å². The monoisotopic (exact) mass is 290 g/mol. The zero-order chi connectivity index (χ0) is 14.8. The second kappa shape index (κ2) is 5.42. The molecule has 5 nitrogen and oxygen atoms in total. The van der Waals surface area contributed by atoms with E-state index in [4.69, 9.17) is 5.73 Å². The SMILES string of the molecule is CS(=O)(=O)c1ccc(Cc2ccccc2C(N)=O)nc1. The van der Waals surface area contributed by atoms with Crippen molar-refractivity contribution in [1.29, 1.82) is 0 Å². The highest BCUT2D eigenvalue weighted by Crippen LogP contribution is 2.14.